The molecule has 0 radical (unpaired) electrons. The first-order valence-electron chi connectivity index (χ1n) is 7.48. The van der Waals surface area contributed by atoms with Crippen molar-refractivity contribution < 1.29 is 15.0 Å². The van der Waals surface area contributed by atoms with Crippen molar-refractivity contribution in [1.29, 1.82) is 0 Å². The summed E-state index contributed by atoms with van der Waals surface area (Å²) in [4.78, 5) is 13.2. The Morgan fingerprint density at radius 3 is 2.43 bits per heavy atom. The van der Waals surface area contributed by atoms with Gasteiger partial charge in [0.15, 0.2) is 0 Å². The molecule has 1 saturated heterocycles. The zero-order valence-corrected chi connectivity index (χ0v) is 12.2. The number of β-amino-alcohol motifs (C(OH)–C–C–N with tert-alkyl or cyclic N) is 1. The van der Waals surface area contributed by atoms with Gasteiger partial charge in [-0.25, -0.2) is 0 Å². The highest BCUT2D eigenvalue weighted by atomic mass is 16.3. The predicted molar refractivity (Wildman–Crippen MR) is 80.5 cm³/mol. The van der Waals surface area contributed by atoms with Crippen LogP contribution in [0.5, 0.6) is 0 Å². The monoisotopic (exact) mass is 292 g/mol. The summed E-state index contributed by atoms with van der Waals surface area (Å²) in [6.45, 7) is 2.18. The summed E-state index contributed by atoms with van der Waals surface area (Å²) < 4.78 is 0. The second kappa shape index (κ2) is 7.54. The summed E-state index contributed by atoms with van der Waals surface area (Å²) in [7, 11) is 0. The number of carbonyl (C=O) groups is 1. The van der Waals surface area contributed by atoms with Crippen LogP contribution in [0.15, 0.2) is 30.3 Å². The van der Waals surface area contributed by atoms with Gasteiger partial charge in [-0.15, -0.1) is 0 Å². The van der Waals surface area contributed by atoms with E-state index in [1.54, 1.807) is 0 Å². The van der Waals surface area contributed by atoms with E-state index in [-0.39, 0.29) is 5.92 Å². The number of aliphatic hydroxyl groups is 2. The van der Waals surface area contributed by atoms with Crippen LogP contribution < -0.4 is 5.73 Å². The number of likely N-dealkylation sites (tertiary alicyclic amines) is 1. The summed E-state index contributed by atoms with van der Waals surface area (Å²) in [6.07, 6.45) is 0.682. The van der Waals surface area contributed by atoms with E-state index < -0.39 is 18.1 Å². The highest BCUT2D eigenvalue weighted by Crippen LogP contribution is 2.21. The minimum atomic E-state index is -1.04. The molecule has 5 heteroatoms. The Balaban J connectivity index is 1.74. The second-order valence-electron chi connectivity index (χ2n) is 5.83. The molecule has 1 fully saturated rings. The van der Waals surface area contributed by atoms with Crippen molar-refractivity contribution in [2.75, 3.05) is 19.6 Å². The first-order valence-corrected chi connectivity index (χ1v) is 7.48. The maximum atomic E-state index is 11.0. The van der Waals surface area contributed by atoms with E-state index in [4.69, 9.17) is 5.73 Å². The molecule has 21 heavy (non-hydrogen) atoms. The van der Waals surface area contributed by atoms with Crippen molar-refractivity contribution >= 4 is 5.91 Å². The van der Waals surface area contributed by atoms with Gasteiger partial charge in [-0.1, -0.05) is 30.3 Å². The average Bonchev–Trinajstić information content (AvgIpc) is 2.48. The van der Waals surface area contributed by atoms with Gasteiger partial charge in [0.25, 0.3) is 0 Å². The van der Waals surface area contributed by atoms with Crippen LogP contribution in [-0.2, 0) is 11.2 Å². The second-order valence-corrected chi connectivity index (χ2v) is 5.83. The summed E-state index contributed by atoms with van der Waals surface area (Å²) in [6, 6.07) is 9.93. The van der Waals surface area contributed by atoms with E-state index in [1.807, 2.05) is 30.3 Å². The van der Waals surface area contributed by atoms with Gasteiger partial charge in [0.2, 0.25) is 5.91 Å². The molecule has 116 valence electrons. The smallest absolute Gasteiger partial charge is 0.246 e. The first kappa shape index (κ1) is 15.9. The number of piperidine rings is 1. The fourth-order valence-corrected chi connectivity index (χ4v) is 2.93. The number of nitrogens with zero attached hydrogens (tertiary/aromatic N) is 1. The average molecular weight is 292 g/mol. The molecule has 0 aliphatic carbocycles. The van der Waals surface area contributed by atoms with E-state index >= 15 is 0 Å². The number of carbonyl (C=O) groups excluding carboxylic acids is 1. The van der Waals surface area contributed by atoms with Gasteiger partial charge in [0.05, 0.1) is 6.10 Å². The molecule has 1 aromatic carbocycles. The molecule has 0 saturated carbocycles. The quantitative estimate of drug-likeness (QED) is 0.696. The van der Waals surface area contributed by atoms with Crippen LogP contribution in [0.25, 0.3) is 0 Å². The highest BCUT2D eigenvalue weighted by molar-refractivity contribution is 5.78. The molecule has 1 amide bonds. The number of hydrogen-bond donors (Lipinski definition) is 3. The molecule has 5 nitrogen and oxygen atoms in total. The van der Waals surface area contributed by atoms with E-state index in [0.717, 1.165) is 31.5 Å². The fraction of sp³-hybridized carbons (Fsp3) is 0.562. The topological polar surface area (TPSA) is 86.8 Å². The Hall–Kier alpha value is -1.43. The van der Waals surface area contributed by atoms with Crippen molar-refractivity contribution in [3.63, 3.8) is 0 Å². The molecular weight excluding hydrogens is 268 g/mol. The zero-order valence-electron chi connectivity index (χ0n) is 12.2. The molecule has 1 aliphatic heterocycles. The lowest BCUT2D eigenvalue weighted by Crippen LogP contribution is -2.44. The van der Waals surface area contributed by atoms with Crippen LogP contribution in [0.2, 0.25) is 0 Å². The summed E-state index contributed by atoms with van der Waals surface area (Å²) >= 11 is 0. The van der Waals surface area contributed by atoms with E-state index in [0.29, 0.717) is 13.0 Å². The molecule has 1 aliphatic rings. The van der Waals surface area contributed by atoms with Gasteiger partial charge in [-0.2, -0.15) is 0 Å². The van der Waals surface area contributed by atoms with E-state index in [2.05, 4.69) is 4.90 Å². The number of nitrogens with two attached hydrogens (primary N) is 1. The molecule has 0 spiro atoms. The molecule has 0 unspecified atom stereocenters. The summed E-state index contributed by atoms with van der Waals surface area (Å²) in [5, 5.41) is 19.8. The third kappa shape index (κ3) is 4.81. The number of amides is 1. The molecular formula is C16H24N2O3. The van der Waals surface area contributed by atoms with Crippen molar-refractivity contribution in [2.24, 2.45) is 11.7 Å². The maximum Gasteiger partial charge on any atom is 0.246 e. The Kier molecular flexibility index (Phi) is 5.73. The third-order valence-corrected chi connectivity index (χ3v) is 4.15. The molecule has 0 aromatic heterocycles. The molecule has 4 N–H and O–H groups in total. The number of primary amides is 1. The Morgan fingerprint density at radius 2 is 1.86 bits per heavy atom. The molecule has 2 atom stereocenters. The van der Waals surface area contributed by atoms with Crippen LogP contribution in [-0.4, -0.2) is 52.9 Å². The lowest BCUT2D eigenvalue weighted by atomic mass is 9.90. The van der Waals surface area contributed by atoms with Crippen LogP contribution >= 0.6 is 0 Å². The zero-order chi connectivity index (χ0) is 15.2. The van der Waals surface area contributed by atoms with E-state index in [9.17, 15) is 15.0 Å². The van der Waals surface area contributed by atoms with Crippen LogP contribution in [0, 0.1) is 5.92 Å². The standard InChI is InChI=1S/C16H24N2O3/c17-16(21)15(20)13-6-8-18(9-7-13)11-14(19)10-12-4-2-1-3-5-12/h1-5,13-15,19-20H,6-11H2,(H2,17,21)/t14-,15+/m0/s1. The number of benzene rings is 1. The van der Waals surface area contributed by atoms with Crippen molar-refractivity contribution in [3.05, 3.63) is 35.9 Å². The van der Waals surface area contributed by atoms with Gasteiger partial charge in [0, 0.05) is 6.54 Å². The third-order valence-electron chi connectivity index (χ3n) is 4.15. The van der Waals surface area contributed by atoms with Crippen molar-refractivity contribution in [1.82, 2.24) is 4.90 Å². The number of rotatable bonds is 6. The molecule has 1 heterocycles. The number of hydrogen-bond acceptors (Lipinski definition) is 4. The fourth-order valence-electron chi connectivity index (χ4n) is 2.93. The highest BCUT2D eigenvalue weighted by Gasteiger charge is 2.28. The Labute approximate surface area is 125 Å². The first-order chi connectivity index (χ1) is 10.1. The van der Waals surface area contributed by atoms with Crippen molar-refractivity contribution in [3.8, 4) is 0 Å². The molecule has 1 aromatic rings. The summed E-state index contributed by atoms with van der Waals surface area (Å²) in [5.74, 6) is -0.692. The maximum absolute atomic E-state index is 11.0. The minimum absolute atomic E-state index is 0.0509. The lowest BCUT2D eigenvalue weighted by molar-refractivity contribution is -0.129. The summed E-state index contributed by atoms with van der Waals surface area (Å²) in [5.41, 5.74) is 6.25. The molecule has 0 bridgehead atoms. The van der Waals surface area contributed by atoms with Gasteiger partial charge in [-0.3, -0.25) is 4.79 Å². The minimum Gasteiger partial charge on any atom is -0.391 e. The van der Waals surface area contributed by atoms with Gasteiger partial charge in [0.1, 0.15) is 6.10 Å². The largest absolute Gasteiger partial charge is 0.391 e. The van der Waals surface area contributed by atoms with E-state index in [1.165, 1.54) is 0 Å². The van der Waals surface area contributed by atoms with Crippen LogP contribution in [0.1, 0.15) is 18.4 Å². The van der Waals surface area contributed by atoms with Crippen molar-refractivity contribution in [2.45, 2.75) is 31.5 Å². The van der Waals surface area contributed by atoms with Gasteiger partial charge < -0.3 is 20.8 Å². The predicted octanol–water partition coefficient (Wildman–Crippen LogP) is 0.148. The van der Waals surface area contributed by atoms with Gasteiger partial charge >= 0.3 is 0 Å². The Morgan fingerprint density at radius 1 is 1.24 bits per heavy atom. The van der Waals surface area contributed by atoms with Crippen LogP contribution in [0.4, 0.5) is 0 Å². The SMILES string of the molecule is NC(=O)[C@H](O)C1CCN(C[C@@H](O)Cc2ccccc2)CC1. The lowest BCUT2D eigenvalue weighted by Gasteiger charge is -2.34. The van der Waals surface area contributed by atoms with Gasteiger partial charge in [-0.05, 0) is 43.8 Å². The Bertz CT molecular complexity index is 444. The number of aliphatic hydroxyl groups excluding tert-OH is 2. The molecule has 2 rings (SSSR count). The normalized spacial score (nSPS) is 20.1. The van der Waals surface area contributed by atoms with Crippen LogP contribution in [0.3, 0.4) is 0 Å².